The zero-order chi connectivity index (χ0) is 15.8. The average molecular weight is 341 g/mol. The molecule has 0 unspecified atom stereocenters. The minimum atomic E-state index is 0.160. The number of benzene rings is 1. The van der Waals surface area contributed by atoms with Crippen LogP contribution in [-0.4, -0.2) is 42.2 Å². The van der Waals surface area contributed by atoms with Crippen LogP contribution in [0.3, 0.4) is 0 Å². The fourth-order valence-electron chi connectivity index (χ4n) is 2.73. The van der Waals surface area contributed by atoms with E-state index in [0.29, 0.717) is 11.8 Å². The number of thioether (sulfide) groups is 1. The quantitative estimate of drug-likeness (QED) is 0.823. The fraction of sp³-hybridized carbons (Fsp3) is 0.588. The highest BCUT2D eigenvalue weighted by Gasteiger charge is 2.19. The molecular formula is C17H25ClN2OS. The van der Waals surface area contributed by atoms with Crippen molar-refractivity contribution < 1.29 is 4.79 Å². The van der Waals surface area contributed by atoms with Gasteiger partial charge < -0.3 is 10.2 Å². The first-order valence-corrected chi connectivity index (χ1v) is 9.54. The summed E-state index contributed by atoms with van der Waals surface area (Å²) < 4.78 is 0. The predicted molar refractivity (Wildman–Crippen MR) is 95.5 cm³/mol. The van der Waals surface area contributed by atoms with Crippen molar-refractivity contribution in [3.63, 3.8) is 0 Å². The van der Waals surface area contributed by atoms with Crippen LogP contribution in [0.25, 0.3) is 0 Å². The third-order valence-electron chi connectivity index (χ3n) is 3.91. The molecular weight excluding hydrogens is 316 g/mol. The van der Waals surface area contributed by atoms with Gasteiger partial charge in [-0.3, -0.25) is 4.79 Å². The van der Waals surface area contributed by atoms with Crippen molar-refractivity contribution >= 4 is 29.3 Å². The molecule has 5 heteroatoms. The first kappa shape index (κ1) is 17.6. The van der Waals surface area contributed by atoms with Crippen LogP contribution < -0.4 is 5.32 Å². The summed E-state index contributed by atoms with van der Waals surface area (Å²) in [4.78, 5) is 14.5. The molecule has 0 aliphatic carbocycles. The van der Waals surface area contributed by atoms with Crippen molar-refractivity contribution in [2.75, 3.05) is 25.4 Å². The second kappa shape index (κ2) is 9.43. The Bertz CT molecular complexity index is 458. The van der Waals surface area contributed by atoms with E-state index in [1.54, 1.807) is 11.8 Å². The molecule has 3 nitrogen and oxygen atoms in total. The summed E-state index contributed by atoms with van der Waals surface area (Å²) in [6.07, 6.45) is 3.36. The maximum absolute atomic E-state index is 12.0. The number of halogens is 1. The van der Waals surface area contributed by atoms with Crippen LogP contribution in [0.4, 0.5) is 0 Å². The van der Waals surface area contributed by atoms with Crippen LogP contribution in [0, 0.1) is 0 Å². The predicted octanol–water partition coefficient (Wildman–Crippen LogP) is 3.56. The molecule has 1 heterocycles. The van der Waals surface area contributed by atoms with Crippen LogP contribution in [0.5, 0.6) is 0 Å². The molecule has 0 atom stereocenters. The number of likely N-dealkylation sites (tertiary alicyclic amines) is 1. The average Bonchev–Trinajstić information content (AvgIpc) is 2.51. The molecule has 22 heavy (non-hydrogen) atoms. The van der Waals surface area contributed by atoms with E-state index in [1.165, 1.54) is 18.5 Å². The number of nitrogens with one attached hydrogen (secondary N) is 1. The Kier molecular flexibility index (Phi) is 7.56. The smallest absolute Gasteiger partial charge is 0.230 e. The van der Waals surface area contributed by atoms with Gasteiger partial charge in [-0.15, -0.1) is 11.8 Å². The largest absolute Gasteiger partial charge is 0.353 e. The minimum Gasteiger partial charge on any atom is -0.353 e. The molecule has 1 saturated heterocycles. The van der Waals surface area contributed by atoms with Gasteiger partial charge >= 0.3 is 0 Å². The monoisotopic (exact) mass is 340 g/mol. The van der Waals surface area contributed by atoms with Gasteiger partial charge in [-0.05, 0) is 43.5 Å². The van der Waals surface area contributed by atoms with E-state index < -0.39 is 0 Å². The lowest BCUT2D eigenvalue weighted by Crippen LogP contribution is -2.45. The van der Waals surface area contributed by atoms with E-state index in [0.717, 1.165) is 36.7 Å². The number of amides is 1. The highest BCUT2D eigenvalue weighted by molar-refractivity contribution is 7.99. The van der Waals surface area contributed by atoms with Gasteiger partial charge in [-0.2, -0.15) is 0 Å². The van der Waals surface area contributed by atoms with Gasteiger partial charge in [0.1, 0.15) is 0 Å². The molecule has 1 aliphatic rings. The van der Waals surface area contributed by atoms with Gasteiger partial charge in [-0.25, -0.2) is 0 Å². The van der Waals surface area contributed by atoms with E-state index >= 15 is 0 Å². The van der Waals surface area contributed by atoms with E-state index in [1.807, 2.05) is 24.3 Å². The summed E-state index contributed by atoms with van der Waals surface area (Å²) >= 11 is 7.51. The topological polar surface area (TPSA) is 32.3 Å². The molecule has 0 radical (unpaired) electrons. The van der Waals surface area contributed by atoms with E-state index in [-0.39, 0.29) is 5.91 Å². The zero-order valence-corrected chi connectivity index (χ0v) is 14.8. The maximum atomic E-state index is 12.0. The fourth-order valence-corrected chi connectivity index (χ4v) is 3.65. The molecule has 1 aromatic carbocycles. The molecule has 0 spiro atoms. The van der Waals surface area contributed by atoms with Crippen LogP contribution >= 0.6 is 23.4 Å². The van der Waals surface area contributed by atoms with Crippen molar-refractivity contribution in [1.82, 2.24) is 10.2 Å². The summed E-state index contributed by atoms with van der Waals surface area (Å²) in [6.45, 7) is 5.61. The standard InChI is InChI=1S/C17H25ClN2OS/c1-2-9-20-10-7-16(8-11-20)19-17(21)13-22-12-14-3-5-15(18)6-4-14/h3-6,16H,2,7-13H2,1H3,(H,19,21). The molecule has 0 bridgehead atoms. The zero-order valence-electron chi connectivity index (χ0n) is 13.2. The highest BCUT2D eigenvalue weighted by Crippen LogP contribution is 2.16. The number of piperidine rings is 1. The van der Waals surface area contributed by atoms with Gasteiger partial charge in [0.05, 0.1) is 5.75 Å². The lowest BCUT2D eigenvalue weighted by Gasteiger charge is -2.32. The lowest BCUT2D eigenvalue weighted by atomic mass is 10.1. The number of hydrogen-bond acceptors (Lipinski definition) is 3. The molecule has 1 N–H and O–H groups in total. The maximum Gasteiger partial charge on any atom is 0.230 e. The third-order valence-corrected chi connectivity index (χ3v) is 5.16. The Balaban J connectivity index is 1.61. The van der Waals surface area contributed by atoms with E-state index in [2.05, 4.69) is 17.1 Å². The number of carbonyl (C=O) groups excluding carboxylic acids is 1. The molecule has 122 valence electrons. The number of hydrogen-bond donors (Lipinski definition) is 1. The Hall–Kier alpha value is -0.710. The Morgan fingerprint density at radius 1 is 1.32 bits per heavy atom. The summed E-state index contributed by atoms with van der Waals surface area (Å²) in [7, 11) is 0. The lowest BCUT2D eigenvalue weighted by molar-refractivity contribution is -0.119. The molecule has 0 saturated carbocycles. The van der Waals surface area contributed by atoms with Crippen molar-refractivity contribution in [2.24, 2.45) is 0 Å². The van der Waals surface area contributed by atoms with Gasteiger partial charge in [0, 0.05) is 29.9 Å². The van der Waals surface area contributed by atoms with Gasteiger partial charge in [-0.1, -0.05) is 30.7 Å². The van der Waals surface area contributed by atoms with E-state index in [9.17, 15) is 4.79 Å². The van der Waals surface area contributed by atoms with Crippen LogP contribution in [0.15, 0.2) is 24.3 Å². The van der Waals surface area contributed by atoms with Crippen LogP contribution in [-0.2, 0) is 10.5 Å². The van der Waals surface area contributed by atoms with Crippen molar-refractivity contribution in [1.29, 1.82) is 0 Å². The van der Waals surface area contributed by atoms with Crippen molar-refractivity contribution in [2.45, 2.75) is 38.0 Å². The highest BCUT2D eigenvalue weighted by atomic mass is 35.5. The summed E-state index contributed by atoms with van der Waals surface area (Å²) in [5.74, 6) is 1.53. The number of carbonyl (C=O) groups is 1. The van der Waals surface area contributed by atoms with Crippen molar-refractivity contribution in [3.8, 4) is 0 Å². The molecule has 1 aromatic rings. The summed E-state index contributed by atoms with van der Waals surface area (Å²) in [5, 5.41) is 3.92. The Morgan fingerprint density at radius 3 is 2.64 bits per heavy atom. The van der Waals surface area contributed by atoms with Crippen molar-refractivity contribution in [3.05, 3.63) is 34.9 Å². The SMILES string of the molecule is CCCN1CCC(NC(=O)CSCc2ccc(Cl)cc2)CC1. The van der Waals surface area contributed by atoms with Gasteiger partial charge in [0.2, 0.25) is 5.91 Å². The first-order valence-electron chi connectivity index (χ1n) is 8.01. The minimum absolute atomic E-state index is 0.160. The summed E-state index contributed by atoms with van der Waals surface area (Å²) in [6, 6.07) is 8.16. The molecule has 0 aromatic heterocycles. The molecule has 2 rings (SSSR count). The summed E-state index contributed by atoms with van der Waals surface area (Å²) in [5.41, 5.74) is 1.20. The van der Waals surface area contributed by atoms with E-state index in [4.69, 9.17) is 11.6 Å². The Labute approximate surface area is 142 Å². The number of nitrogens with zero attached hydrogens (tertiary/aromatic N) is 1. The second-order valence-electron chi connectivity index (χ2n) is 5.80. The van der Waals surface area contributed by atoms with Gasteiger partial charge in [0.25, 0.3) is 0 Å². The number of rotatable bonds is 7. The Morgan fingerprint density at radius 2 is 2.00 bits per heavy atom. The molecule has 1 aliphatic heterocycles. The van der Waals surface area contributed by atoms with Gasteiger partial charge in [0.15, 0.2) is 0 Å². The van der Waals surface area contributed by atoms with Crippen LogP contribution in [0.2, 0.25) is 5.02 Å². The first-order chi connectivity index (χ1) is 10.7. The third kappa shape index (κ3) is 6.19. The van der Waals surface area contributed by atoms with Crippen LogP contribution in [0.1, 0.15) is 31.7 Å². The molecule has 1 fully saturated rings. The second-order valence-corrected chi connectivity index (χ2v) is 7.22. The normalized spacial score (nSPS) is 16.6. The molecule has 1 amide bonds.